The number of aromatic nitrogens is 3. The second kappa shape index (κ2) is 6.82. The Morgan fingerprint density at radius 2 is 2.04 bits per heavy atom. The third kappa shape index (κ3) is 3.09. The number of nitro benzene ring substituents is 1. The summed E-state index contributed by atoms with van der Waals surface area (Å²) in [5.74, 6) is -0.824. The molecule has 0 fully saturated rings. The zero-order valence-electron chi connectivity index (χ0n) is 14.4. The number of nitrogens with zero attached hydrogens (tertiary/aromatic N) is 4. The molecule has 0 bridgehead atoms. The van der Waals surface area contributed by atoms with Crippen molar-refractivity contribution in [2.75, 3.05) is 5.32 Å². The number of fused-ring (bicyclic) bond motifs is 1. The Kier molecular flexibility index (Phi) is 4.32. The van der Waals surface area contributed by atoms with Crippen molar-refractivity contribution in [2.24, 2.45) is 0 Å². The summed E-state index contributed by atoms with van der Waals surface area (Å²) in [5.41, 5.74) is 0.433. The molecule has 2 heterocycles. The van der Waals surface area contributed by atoms with Crippen LogP contribution in [0.1, 0.15) is 16.1 Å². The average molecular weight is 397 g/mol. The molecule has 0 aliphatic heterocycles. The number of carbonyl (C=O) groups is 1. The van der Waals surface area contributed by atoms with Crippen molar-refractivity contribution in [2.45, 2.75) is 6.92 Å². The first-order valence-corrected chi connectivity index (χ1v) is 8.92. The standard InChI is InChI=1S/C18H12FN5O3S/c1-10-9-15(20-17(25)11-5-2-3-7-13(11)24(26)27)23(22-10)18-21-16-12(19)6-4-8-14(16)28-18/h2-9H,1H3,(H,20,25). The van der Waals surface area contributed by atoms with Gasteiger partial charge in [0.1, 0.15) is 22.7 Å². The highest BCUT2D eigenvalue weighted by Gasteiger charge is 2.22. The first-order valence-electron chi connectivity index (χ1n) is 8.11. The number of rotatable bonds is 4. The van der Waals surface area contributed by atoms with E-state index in [9.17, 15) is 19.3 Å². The van der Waals surface area contributed by atoms with Gasteiger partial charge in [-0.25, -0.2) is 9.37 Å². The molecule has 4 aromatic rings. The van der Waals surface area contributed by atoms with Gasteiger partial charge in [-0.15, -0.1) is 0 Å². The molecule has 10 heteroatoms. The van der Waals surface area contributed by atoms with Crippen molar-refractivity contribution >= 4 is 39.0 Å². The number of benzene rings is 2. The van der Waals surface area contributed by atoms with E-state index in [-0.39, 0.29) is 22.6 Å². The van der Waals surface area contributed by atoms with Crippen molar-refractivity contribution < 1.29 is 14.1 Å². The number of para-hydroxylation sites is 2. The fourth-order valence-electron chi connectivity index (χ4n) is 2.74. The molecule has 0 atom stereocenters. The van der Waals surface area contributed by atoms with E-state index in [0.717, 1.165) is 0 Å². The third-order valence-electron chi connectivity index (χ3n) is 3.96. The fourth-order valence-corrected chi connectivity index (χ4v) is 3.68. The van der Waals surface area contributed by atoms with Crippen LogP contribution in [-0.4, -0.2) is 25.6 Å². The Bertz CT molecular complexity index is 1230. The highest BCUT2D eigenvalue weighted by Crippen LogP contribution is 2.29. The molecule has 28 heavy (non-hydrogen) atoms. The van der Waals surface area contributed by atoms with Crippen molar-refractivity contribution in [3.63, 3.8) is 0 Å². The molecule has 1 amide bonds. The van der Waals surface area contributed by atoms with Crippen LogP contribution in [0.25, 0.3) is 15.3 Å². The van der Waals surface area contributed by atoms with Crippen LogP contribution in [-0.2, 0) is 0 Å². The van der Waals surface area contributed by atoms with Crippen LogP contribution in [0.2, 0.25) is 0 Å². The zero-order chi connectivity index (χ0) is 19.8. The summed E-state index contributed by atoms with van der Waals surface area (Å²) in [7, 11) is 0. The van der Waals surface area contributed by atoms with Crippen LogP contribution >= 0.6 is 11.3 Å². The van der Waals surface area contributed by atoms with Crippen molar-refractivity contribution in [3.8, 4) is 5.13 Å². The zero-order valence-corrected chi connectivity index (χ0v) is 15.2. The second-order valence-electron chi connectivity index (χ2n) is 5.89. The molecule has 4 rings (SSSR count). The van der Waals surface area contributed by atoms with Gasteiger partial charge in [0.05, 0.1) is 15.3 Å². The van der Waals surface area contributed by atoms with Gasteiger partial charge in [0, 0.05) is 12.1 Å². The number of nitrogens with one attached hydrogen (secondary N) is 1. The SMILES string of the molecule is Cc1cc(NC(=O)c2ccccc2[N+](=O)[O-])n(-c2nc3c(F)cccc3s2)n1. The molecule has 1 N–H and O–H groups in total. The van der Waals surface area contributed by atoms with Crippen molar-refractivity contribution in [1.82, 2.24) is 14.8 Å². The van der Waals surface area contributed by atoms with E-state index in [1.807, 2.05) is 0 Å². The predicted octanol–water partition coefficient (Wildman–Crippen LogP) is 4.09. The highest BCUT2D eigenvalue weighted by atomic mass is 32.1. The van der Waals surface area contributed by atoms with Gasteiger partial charge in [-0.2, -0.15) is 9.78 Å². The molecule has 8 nitrogen and oxygen atoms in total. The Morgan fingerprint density at radius 1 is 1.25 bits per heavy atom. The Morgan fingerprint density at radius 3 is 2.79 bits per heavy atom. The number of hydrogen-bond acceptors (Lipinski definition) is 6. The molecule has 2 aromatic heterocycles. The Hall–Kier alpha value is -3.66. The minimum atomic E-state index is -0.652. The molecule has 0 unspecified atom stereocenters. The van der Waals surface area contributed by atoms with E-state index < -0.39 is 16.6 Å². The maximum atomic E-state index is 14.0. The molecule has 2 aromatic carbocycles. The van der Waals surface area contributed by atoms with E-state index in [4.69, 9.17) is 0 Å². The number of halogens is 1. The minimum absolute atomic E-state index is 0.0757. The molecular formula is C18H12FN5O3S. The molecule has 0 saturated carbocycles. The summed E-state index contributed by atoms with van der Waals surface area (Å²) in [6, 6.07) is 11.9. The number of nitro groups is 1. The van der Waals surface area contributed by atoms with E-state index >= 15 is 0 Å². The van der Waals surface area contributed by atoms with Crippen LogP contribution in [0.3, 0.4) is 0 Å². The summed E-state index contributed by atoms with van der Waals surface area (Å²) in [6.07, 6.45) is 0. The maximum absolute atomic E-state index is 14.0. The first-order chi connectivity index (χ1) is 13.4. The number of carbonyl (C=O) groups excluding carboxylic acids is 1. The van der Waals surface area contributed by atoms with Crippen LogP contribution in [0, 0.1) is 22.9 Å². The van der Waals surface area contributed by atoms with Gasteiger partial charge in [-0.05, 0) is 25.1 Å². The van der Waals surface area contributed by atoms with Gasteiger partial charge < -0.3 is 5.32 Å². The number of hydrogen-bond donors (Lipinski definition) is 1. The van der Waals surface area contributed by atoms with Crippen LogP contribution in [0.5, 0.6) is 0 Å². The van der Waals surface area contributed by atoms with E-state index in [2.05, 4.69) is 15.4 Å². The molecule has 0 aliphatic rings. The second-order valence-corrected chi connectivity index (χ2v) is 6.90. The van der Waals surface area contributed by atoms with Crippen LogP contribution in [0.15, 0.2) is 48.5 Å². The monoisotopic (exact) mass is 397 g/mol. The first kappa shape index (κ1) is 17.7. The molecule has 0 saturated heterocycles. The smallest absolute Gasteiger partial charge is 0.282 e. The van der Waals surface area contributed by atoms with Crippen molar-refractivity contribution in [1.29, 1.82) is 0 Å². The number of anilines is 1. The lowest BCUT2D eigenvalue weighted by atomic mass is 10.1. The van der Waals surface area contributed by atoms with Crippen molar-refractivity contribution in [3.05, 3.63) is 75.7 Å². The topological polar surface area (TPSA) is 103 Å². The maximum Gasteiger partial charge on any atom is 0.282 e. The number of amides is 1. The summed E-state index contributed by atoms with van der Waals surface area (Å²) in [5, 5.41) is 18.5. The number of aryl methyl sites for hydroxylation is 1. The van der Waals surface area contributed by atoms with E-state index in [1.165, 1.54) is 40.3 Å². The predicted molar refractivity (Wildman–Crippen MR) is 102 cm³/mol. The molecular weight excluding hydrogens is 385 g/mol. The van der Waals surface area contributed by atoms with Gasteiger partial charge in [-0.1, -0.05) is 29.5 Å². The van der Waals surface area contributed by atoms with Gasteiger partial charge in [0.25, 0.3) is 11.6 Å². The summed E-state index contributed by atoms with van der Waals surface area (Å²) < 4.78 is 16.0. The van der Waals surface area contributed by atoms with Gasteiger partial charge in [-0.3, -0.25) is 14.9 Å². The normalized spacial score (nSPS) is 10.9. The lowest BCUT2D eigenvalue weighted by Gasteiger charge is -2.07. The molecule has 140 valence electrons. The third-order valence-corrected chi connectivity index (χ3v) is 4.95. The average Bonchev–Trinajstić information content (AvgIpc) is 3.25. The quantitative estimate of drug-likeness (QED) is 0.413. The lowest BCUT2D eigenvalue weighted by molar-refractivity contribution is -0.385. The van der Waals surface area contributed by atoms with Gasteiger partial charge in [0.2, 0.25) is 5.13 Å². The van der Waals surface area contributed by atoms with Gasteiger partial charge in [0.15, 0.2) is 0 Å². The fraction of sp³-hybridized carbons (Fsp3) is 0.0556. The van der Waals surface area contributed by atoms with Crippen LogP contribution in [0.4, 0.5) is 15.9 Å². The molecule has 0 aliphatic carbocycles. The Balaban J connectivity index is 1.73. The van der Waals surface area contributed by atoms with E-state index in [0.29, 0.717) is 15.5 Å². The lowest BCUT2D eigenvalue weighted by Crippen LogP contribution is -2.16. The van der Waals surface area contributed by atoms with E-state index in [1.54, 1.807) is 31.2 Å². The van der Waals surface area contributed by atoms with Gasteiger partial charge >= 0.3 is 0 Å². The largest absolute Gasteiger partial charge is 0.306 e. The molecule has 0 spiro atoms. The summed E-state index contributed by atoms with van der Waals surface area (Å²) in [4.78, 5) is 27.4. The summed E-state index contributed by atoms with van der Waals surface area (Å²) in [6.45, 7) is 1.73. The minimum Gasteiger partial charge on any atom is -0.306 e. The summed E-state index contributed by atoms with van der Waals surface area (Å²) >= 11 is 1.21. The van der Waals surface area contributed by atoms with Crippen LogP contribution < -0.4 is 5.32 Å². The number of thiazole rings is 1. The Labute approximate surface area is 161 Å². The highest BCUT2D eigenvalue weighted by molar-refractivity contribution is 7.20. The molecule has 0 radical (unpaired) electrons.